The van der Waals surface area contributed by atoms with Crippen LogP contribution >= 0.6 is 11.6 Å². The first kappa shape index (κ1) is 33.4. The van der Waals surface area contributed by atoms with Crippen molar-refractivity contribution in [3.8, 4) is 0 Å². The number of aryl methyl sites for hydroxylation is 1. The molecular weight excluding hydrogens is 628 g/mol. The molecule has 1 unspecified atom stereocenters. The van der Waals surface area contributed by atoms with Gasteiger partial charge in [0.1, 0.15) is 11.6 Å². The Kier molecular flexibility index (Phi) is 10.0. The van der Waals surface area contributed by atoms with Gasteiger partial charge in [0.15, 0.2) is 5.60 Å². The van der Waals surface area contributed by atoms with E-state index in [2.05, 4.69) is 5.32 Å². The standard InChI is InChI=1S/C43H37ClN2O3/c1-31-26-28-36(29-27-31)43(35-22-12-5-13-23-35,37-24-14-15-25-38(37)44)49-41(48)39(45)30-40(47)46-42(32-16-6-2-7-17-32,33-18-8-3-9-19-33)34-20-10-4-11-21-34/h2-29,39H,30,45H2,1H3,(H,46,47)/t39-,43?/m0/s1. The molecule has 244 valence electrons. The fourth-order valence-electron chi connectivity index (χ4n) is 6.41. The van der Waals surface area contributed by atoms with Gasteiger partial charge in [0, 0.05) is 21.7 Å². The van der Waals surface area contributed by atoms with Gasteiger partial charge in [0.2, 0.25) is 5.91 Å². The minimum absolute atomic E-state index is 0.325. The van der Waals surface area contributed by atoms with Crippen LogP contribution in [0.3, 0.4) is 0 Å². The Morgan fingerprint density at radius 2 is 1.02 bits per heavy atom. The third-order valence-electron chi connectivity index (χ3n) is 8.80. The molecule has 6 aromatic carbocycles. The van der Waals surface area contributed by atoms with Crippen LogP contribution in [0.15, 0.2) is 170 Å². The molecule has 0 fully saturated rings. The molecule has 0 aromatic heterocycles. The quantitative estimate of drug-likeness (QED) is 0.108. The molecule has 6 heteroatoms. The summed E-state index contributed by atoms with van der Waals surface area (Å²) in [5.74, 6) is -1.16. The first-order chi connectivity index (χ1) is 23.8. The largest absolute Gasteiger partial charge is 0.443 e. The minimum atomic E-state index is -1.44. The number of hydrogen-bond donors (Lipinski definition) is 2. The maximum Gasteiger partial charge on any atom is 0.325 e. The molecule has 0 spiro atoms. The average molecular weight is 665 g/mol. The predicted molar refractivity (Wildman–Crippen MR) is 195 cm³/mol. The number of carbonyl (C=O) groups excluding carboxylic acids is 2. The van der Waals surface area contributed by atoms with E-state index in [0.29, 0.717) is 21.7 Å². The zero-order valence-corrected chi connectivity index (χ0v) is 27.9. The zero-order valence-electron chi connectivity index (χ0n) is 27.1. The number of rotatable bonds is 11. The van der Waals surface area contributed by atoms with Crippen molar-refractivity contribution in [1.82, 2.24) is 5.32 Å². The third kappa shape index (κ3) is 6.77. The van der Waals surface area contributed by atoms with Crippen molar-refractivity contribution in [1.29, 1.82) is 0 Å². The highest BCUT2D eigenvalue weighted by atomic mass is 35.5. The zero-order chi connectivity index (χ0) is 34.3. The van der Waals surface area contributed by atoms with Gasteiger partial charge < -0.3 is 15.8 Å². The number of hydrogen-bond acceptors (Lipinski definition) is 4. The van der Waals surface area contributed by atoms with Crippen molar-refractivity contribution in [3.05, 3.63) is 214 Å². The summed E-state index contributed by atoms with van der Waals surface area (Å²) in [4.78, 5) is 28.3. The number of carbonyl (C=O) groups is 2. The molecule has 0 aliphatic rings. The van der Waals surface area contributed by atoms with E-state index in [1.54, 1.807) is 6.07 Å². The van der Waals surface area contributed by atoms with Gasteiger partial charge in [0.25, 0.3) is 0 Å². The van der Waals surface area contributed by atoms with Crippen molar-refractivity contribution in [3.63, 3.8) is 0 Å². The highest BCUT2D eigenvalue weighted by Gasteiger charge is 2.44. The lowest BCUT2D eigenvalue weighted by molar-refractivity contribution is -0.156. The Hall–Kier alpha value is -5.49. The van der Waals surface area contributed by atoms with Crippen LogP contribution < -0.4 is 11.1 Å². The Bertz CT molecular complexity index is 1910. The number of benzene rings is 6. The molecule has 5 nitrogen and oxygen atoms in total. The molecule has 6 rings (SSSR count). The second kappa shape index (κ2) is 14.7. The Morgan fingerprint density at radius 1 is 0.612 bits per heavy atom. The van der Waals surface area contributed by atoms with Crippen molar-refractivity contribution < 1.29 is 14.3 Å². The van der Waals surface area contributed by atoms with Crippen LogP contribution in [0.4, 0.5) is 0 Å². The number of amides is 1. The lowest BCUT2D eigenvalue weighted by atomic mass is 9.77. The maximum atomic E-state index is 14.2. The van der Waals surface area contributed by atoms with E-state index in [1.807, 2.05) is 171 Å². The molecule has 6 aromatic rings. The van der Waals surface area contributed by atoms with Gasteiger partial charge in [-0.15, -0.1) is 0 Å². The lowest BCUT2D eigenvalue weighted by Gasteiger charge is -2.38. The van der Waals surface area contributed by atoms with Crippen molar-refractivity contribution in [2.75, 3.05) is 0 Å². The molecule has 1 amide bonds. The molecule has 0 bridgehead atoms. The number of halogens is 1. The van der Waals surface area contributed by atoms with Crippen LogP contribution in [0.25, 0.3) is 0 Å². The lowest BCUT2D eigenvalue weighted by Crippen LogP contribution is -2.50. The fourth-order valence-corrected chi connectivity index (χ4v) is 6.68. The van der Waals surface area contributed by atoms with Gasteiger partial charge in [-0.3, -0.25) is 9.59 Å². The second-order valence-corrected chi connectivity index (χ2v) is 12.4. The molecule has 3 N–H and O–H groups in total. The maximum absolute atomic E-state index is 14.2. The van der Waals surface area contributed by atoms with E-state index in [1.165, 1.54) is 0 Å². The normalized spacial score (nSPS) is 13.1. The first-order valence-electron chi connectivity index (χ1n) is 16.2. The molecule has 0 aliphatic heterocycles. The highest BCUT2D eigenvalue weighted by Crippen LogP contribution is 2.44. The van der Waals surface area contributed by atoms with Crippen LogP contribution in [0.2, 0.25) is 5.02 Å². The summed E-state index contributed by atoms with van der Waals surface area (Å²) in [7, 11) is 0. The fraction of sp³-hybridized carbons (Fsp3) is 0.116. The number of nitrogens with one attached hydrogen (secondary N) is 1. The third-order valence-corrected chi connectivity index (χ3v) is 9.13. The Balaban J connectivity index is 1.38. The summed E-state index contributed by atoms with van der Waals surface area (Å²) in [6, 6.07) is 52.5. The number of nitrogens with two attached hydrogens (primary N) is 1. The van der Waals surface area contributed by atoms with Crippen LogP contribution in [0.1, 0.15) is 45.4 Å². The van der Waals surface area contributed by atoms with Gasteiger partial charge >= 0.3 is 5.97 Å². The van der Waals surface area contributed by atoms with E-state index in [0.717, 1.165) is 22.3 Å². The summed E-state index contributed by atoms with van der Waals surface area (Å²) < 4.78 is 6.54. The summed E-state index contributed by atoms with van der Waals surface area (Å²) in [5, 5.41) is 3.71. The van der Waals surface area contributed by atoms with Crippen molar-refractivity contribution in [2.45, 2.75) is 30.5 Å². The molecule has 0 heterocycles. The summed E-state index contributed by atoms with van der Waals surface area (Å²) >= 11 is 6.85. The van der Waals surface area contributed by atoms with Gasteiger partial charge in [-0.25, -0.2) is 0 Å². The first-order valence-corrected chi connectivity index (χ1v) is 16.6. The minimum Gasteiger partial charge on any atom is -0.443 e. The SMILES string of the molecule is Cc1ccc(C(OC(=O)[C@@H](N)CC(=O)NC(c2ccccc2)(c2ccccc2)c2ccccc2)(c2ccccc2)c2ccccc2Cl)cc1. The molecule has 2 atom stereocenters. The Labute approximate surface area is 292 Å². The molecule has 0 aliphatic carbocycles. The van der Waals surface area contributed by atoms with Gasteiger partial charge in [-0.05, 0) is 29.7 Å². The molecule has 0 radical (unpaired) electrons. The molecule has 49 heavy (non-hydrogen) atoms. The van der Waals surface area contributed by atoms with E-state index in [4.69, 9.17) is 22.1 Å². The van der Waals surface area contributed by atoms with Crippen molar-refractivity contribution in [2.24, 2.45) is 5.73 Å². The topological polar surface area (TPSA) is 81.4 Å². The predicted octanol–water partition coefficient (Wildman–Crippen LogP) is 8.31. The summed E-state index contributed by atoms with van der Waals surface area (Å²) in [6.45, 7) is 1.99. The molecule has 0 saturated carbocycles. The smallest absolute Gasteiger partial charge is 0.325 e. The average Bonchev–Trinajstić information content (AvgIpc) is 3.15. The van der Waals surface area contributed by atoms with Gasteiger partial charge in [-0.2, -0.15) is 0 Å². The van der Waals surface area contributed by atoms with Crippen LogP contribution in [0.5, 0.6) is 0 Å². The molecule has 0 saturated heterocycles. The van der Waals surface area contributed by atoms with Crippen LogP contribution in [-0.2, 0) is 25.5 Å². The van der Waals surface area contributed by atoms with E-state index < -0.39 is 29.1 Å². The van der Waals surface area contributed by atoms with E-state index in [9.17, 15) is 9.59 Å². The van der Waals surface area contributed by atoms with Gasteiger partial charge in [0.05, 0.1) is 6.42 Å². The molecular formula is C43H37ClN2O3. The highest BCUT2D eigenvalue weighted by molar-refractivity contribution is 6.31. The Morgan fingerprint density at radius 3 is 1.49 bits per heavy atom. The summed E-state index contributed by atoms with van der Waals surface area (Å²) in [6.07, 6.45) is -0.325. The van der Waals surface area contributed by atoms with Crippen LogP contribution in [-0.4, -0.2) is 17.9 Å². The van der Waals surface area contributed by atoms with Crippen molar-refractivity contribution >= 4 is 23.5 Å². The number of esters is 1. The number of ether oxygens (including phenoxy) is 1. The van der Waals surface area contributed by atoms with Gasteiger partial charge in [-0.1, -0.05) is 181 Å². The van der Waals surface area contributed by atoms with E-state index >= 15 is 0 Å². The monoisotopic (exact) mass is 664 g/mol. The summed E-state index contributed by atoms with van der Waals surface area (Å²) in [5.41, 5.74) is 9.67. The van der Waals surface area contributed by atoms with Crippen LogP contribution in [0, 0.1) is 6.92 Å². The second-order valence-electron chi connectivity index (χ2n) is 12.0. The van der Waals surface area contributed by atoms with E-state index in [-0.39, 0.29) is 6.42 Å².